The summed E-state index contributed by atoms with van der Waals surface area (Å²) in [6.45, 7) is 6.45. The minimum atomic E-state index is 0.0322. The van der Waals surface area contributed by atoms with Crippen molar-refractivity contribution in [1.82, 2.24) is 9.88 Å². The van der Waals surface area contributed by atoms with Crippen molar-refractivity contribution >= 4 is 23.3 Å². The van der Waals surface area contributed by atoms with Gasteiger partial charge in [0.1, 0.15) is 11.6 Å². The number of aromatic nitrogens is 1. The van der Waals surface area contributed by atoms with E-state index in [9.17, 15) is 4.79 Å². The minimum absolute atomic E-state index is 0.0322. The number of methoxy groups -OCH3 is 1. The molecule has 2 aromatic rings. The Kier molecular flexibility index (Phi) is 5.78. The van der Waals surface area contributed by atoms with Gasteiger partial charge >= 0.3 is 0 Å². The van der Waals surface area contributed by atoms with Crippen LogP contribution in [0.25, 0.3) is 0 Å². The molecule has 1 amide bonds. The number of halogens is 1. The molecule has 0 unspecified atom stereocenters. The van der Waals surface area contributed by atoms with Crippen molar-refractivity contribution in [2.24, 2.45) is 0 Å². The highest BCUT2D eigenvalue weighted by Gasteiger charge is 2.24. The number of hydrogen-bond donors (Lipinski definition) is 0. The summed E-state index contributed by atoms with van der Waals surface area (Å²) in [5, 5.41) is 0.636. The Bertz CT molecular complexity index is 801. The second-order valence-corrected chi connectivity index (χ2v) is 6.51. The van der Waals surface area contributed by atoms with Crippen LogP contribution in [-0.4, -0.2) is 49.1 Å². The maximum Gasteiger partial charge on any atom is 0.253 e. The van der Waals surface area contributed by atoms with Gasteiger partial charge < -0.3 is 14.5 Å². The maximum atomic E-state index is 12.9. The first kappa shape index (κ1) is 18.3. The van der Waals surface area contributed by atoms with Gasteiger partial charge in [0.2, 0.25) is 0 Å². The Labute approximate surface area is 158 Å². The normalized spacial score (nSPS) is 14.2. The molecule has 1 aromatic carbocycles. The lowest BCUT2D eigenvalue weighted by Gasteiger charge is -2.35. The summed E-state index contributed by atoms with van der Waals surface area (Å²) in [6, 6.07) is 9.20. The van der Waals surface area contributed by atoms with Crippen LogP contribution in [0, 0.1) is 0 Å². The number of amides is 1. The molecule has 1 fully saturated rings. The Morgan fingerprint density at radius 3 is 2.73 bits per heavy atom. The van der Waals surface area contributed by atoms with Crippen molar-refractivity contribution in [2.75, 3.05) is 38.2 Å². The van der Waals surface area contributed by atoms with Crippen molar-refractivity contribution in [1.29, 1.82) is 0 Å². The molecule has 0 saturated carbocycles. The number of benzene rings is 1. The summed E-state index contributed by atoms with van der Waals surface area (Å²) >= 11 is 6.22. The fourth-order valence-electron chi connectivity index (χ4n) is 3.14. The van der Waals surface area contributed by atoms with Crippen molar-refractivity contribution in [2.45, 2.75) is 6.42 Å². The Balaban J connectivity index is 1.70. The zero-order valence-corrected chi connectivity index (χ0v) is 15.6. The standard InChI is InChI=1S/C20H22ClN3O2/c1-3-5-15-14-16(7-8-18(15)26-2)20(25)24-12-10-23(11-13-24)19-17(21)6-4-9-22-19/h3-4,6-9,14H,1,5,10-13H2,2H3. The number of pyridine rings is 1. The molecule has 0 spiro atoms. The molecule has 0 bridgehead atoms. The van der Waals surface area contributed by atoms with Gasteiger partial charge in [-0.1, -0.05) is 17.7 Å². The van der Waals surface area contributed by atoms with E-state index in [4.69, 9.17) is 16.3 Å². The number of hydrogen-bond acceptors (Lipinski definition) is 4. The zero-order valence-electron chi connectivity index (χ0n) is 14.8. The van der Waals surface area contributed by atoms with E-state index < -0.39 is 0 Å². The highest BCUT2D eigenvalue weighted by molar-refractivity contribution is 6.32. The van der Waals surface area contributed by atoms with Crippen LogP contribution in [0.15, 0.2) is 49.2 Å². The lowest BCUT2D eigenvalue weighted by molar-refractivity contribution is 0.0746. The molecule has 0 radical (unpaired) electrons. The third-order valence-corrected chi connectivity index (χ3v) is 4.79. The van der Waals surface area contributed by atoms with Crippen LogP contribution in [0.4, 0.5) is 5.82 Å². The summed E-state index contributed by atoms with van der Waals surface area (Å²) < 4.78 is 5.35. The van der Waals surface area contributed by atoms with Gasteiger partial charge in [-0.3, -0.25) is 4.79 Å². The molecule has 0 N–H and O–H groups in total. The van der Waals surface area contributed by atoms with Gasteiger partial charge in [0.15, 0.2) is 0 Å². The maximum absolute atomic E-state index is 12.9. The van der Waals surface area contributed by atoms with Crippen LogP contribution in [0.3, 0.4) is 0 Å². The highest BCUT2D eigenvalue weighted by Crippen LogP contribution is 2.25. The molecule has 1 saturated heterocycles. The number of rotatable bonds is 5. The Hall–Kier alpha value is -2.53. The van der Waals surface area contributed by atoms with Crippen molar-refractivity contribution in [3.05, 3.63) is 65.3 Å². The smallest absolute Gasteiger partial charge is 0.253 e. The molecule has 1 aliphatic rings. The molecule has 0 aliphatic carbocycles. The van der Waals surface area contributed by atoms with E-state index >= 15 is 0 Å². The summed E-state index contributed by atoms with van der Waals surface area (Å²) in [5.74, 6) is 1.58. The highest BCUT2D eigenvalue weighted by atomic mass is 35.5. The molecule has 3 rings (SSSR count). The molecule has 2 heterocycles. The van der Waals surface area contributed by atoms with Gasteiger partial charge in [0, 0.05) is 37.9 Å². The van der Waals surface area contributed by atoms with Crippen LogP contribution < -0.4 is 9.64 Å². The number of ether oxygens (including phenoxy) is 1. The van der Waals surface area contributed by atoms with Gasteiger partial charge in [-0.25, -0.2) is 4.98 Å². The van der Waals surface area contributed by atoms with Crippen LogP contribution in [0.5, 0.6) is 5.75 Å². The second-order valence-electron chi connectivity index (χ2n) is 6.11. The summed E-state index contributed by atoms with van der Waals surface area (Å²) in [5.41, 5.74) is 1.64. The molecule has 26 heavy (non-hydrogen) atoms. The molecular weight excluding hydrogens is 350 g/mol. The van der Waals surface area contributed by atoms with E-state index in [-0.39, 0.29) is 5.91 Å². The number of nitrogens with zero attached hydrogens (tertiary/aromatic N) is 3. The van der Waals surface area contributed by atoms with Gasteiger partial charge in [-0.2, -0.15) is 0 Å². The van der Waals surface area contributed by atoms with Crippen molar-refractivity contribution in [3.8, 4) is 5.75 Å². The molecule has 136 valence electrons. The van der Waals surface area contributed by atoms with Crippen LogP contribution in [0.2, 0.25) is 5.02 Å². The monoisotopic (exact) mass is 371 g/mol. The van der Waals surface area contributed by atoms with E-state index in [0.29, 0.717) is 43.2 Å². The topological polar surface area (TPSA) is 45.7 Å². The van der Waals surface area contributed by atoms with Crippen LogP contribution >= 0.6 is 11.6 Å². The van der Waals surface area contributed by atoms with Gasteiger partial charge in [-0.05, 0) is 42.3 Å². The minimum Gasteiger partial charge on any atom is -0.496 e. The summed E-state index contributed by atoms with van der Waals surface area (Å²) in [4.78, 5) is 21.2. The largest absolute Gasteiger partial charge is 0.496 e. The third-order valence-electron chi connectivity index (χ3n) is 4.50. The molecule has 0 atom stereocenters. The Morgan fingerprint density at radius 2 is 2.08 bits per heavy atom. The van der Waals surface area contributed by atoms with E-state index in [1.165, 1.54) is 0 Å². The lowest BCUT2D eigenvalue weighted by atomic mass is 10.1. The molecule has 1 aromatic heterocycles. The number of piperazine rings is 1. The number of anilines is 1. The van der Waals surface area contributed by atoms with Crippen molar-refractivity contribution < 1.29 is 9.53 Å². The first-order valence-corrected chi connectivity index (χ1v) is 8.94. The summed E-state index contributed by atoms with van der Waals surface area (Å²) in [6.07, 6.45) is 4.20. The van der Waals surface area contributed by atoms with E-state index in [1.807, 2.05) is 41.3 Å². The Morgan fingerprint density at radius 1 is 1.31 bits per heavy atom. The number of carbonyl (C=O) groups is 1. The average molecular weight is 372 g/mol. The van der Waals surface area contributed by atoms with Crippen LogP contribution in [0.1, 0.15) is 15.9 Å². The predicted molar refractivity (Wildman–Crippen MR) is 104 cm³/mol. The molecular formula is C20H22ClN3O2. The second kappa shape index (κ2) is 8.23. The SMILES string of the molecule is C=CCc1cc(C(=O)N2CCN(c3ncccc3Cl)CC2)ccc1OC. The van der Waals surface area contributed by atoms with Crippen molar-refractivity contribution in [3.63, 3.8) is 0 Å². The third kappa shape index (κ3) is 3.83. The first-order chi connectivity index (χ1) is 12.6. The molecule has 6 heteroatoms. The fraction of sp³-hybridized carbons (Fsp3) is 0.300. The zero-order chi connectivity index (χ0) is 18.5. The first-order valence-electron chi connectivity index (χ1n) is 8.56. The van der Waals surface area contributed by atoms with Gasteiger partial charge in [0.25, 0.3) is 5.91 Å². The van der Waals surface area contributed by atoms with E-state index in [0.717, 1.165) is 17.1 Å². The number of allylic oxidation sites excluding steroid dienone is 1. The average Bonchev–Trinajstić information content (AvgIpc) is 2.68. The quantitative estimate of drug-likeness (QED) is 0.755. The predicted octanol–water partition coefficient (Wildman–Crippen LogP) is 3.43. The van der Waals surface area contributed by atoms with E-state index in [1.54, 1.807) is 13.3 Å². The lowest BCUT2D eigenvalue weighted by Crippen LogP contribution is -2.49. The summed E-state index contributed by atoms with van der Waals surface area (Å²) in [7, 11) is 1.63. The molecule has 5 nitrogen and oxygen atoms in total. The number of carbonyl (C=O) groups excluding carboxylic acids is 1. The fourth-order valence-corrected chi connectivity index (χ4v) is 3.38. The van der Waals surface area contributed by atoms with Gasteiger partial charge in [0.05, 0.1) is 12.1 Å². The molecule has 1 aliphatic heterocycles. The van der Waals surface area contributed by atoms with Crippen LogP contribution in [-0.2, 0) is 6.42 Å². The van der Waals surface area contributed by atoms with Gasteiger partial charge in [-0.15, -0.1) is 6.58 Å². The van der Waals surface area contributed by atoms with E-state index in [2.05, 4.69) is 16.5 Å².